The van der Waals surface area contributed by atoms with E-state index in [4.69, 9.17) is 4.74 Å². The Kier molecular flexibility index (Phi) is 4.82. The number of methoxy groups -OCH3 is 1. The van der Waals surface area contributed by atoms with E-state index >= 15 is 0 Å². The van der Waals surface area contributed by atoms with Crippen molar-refractivity contribution in [2.24, 2.45) is 0 Å². The molecule has 2 aromatic rings. The summed E-state index contributed by atoms with van der Waals surface area (Å²) in [6.07, 6.45) is 3.36. The lowest BCUT2D eigenvalue weighted by molar-refractivity contribution is -0.385. The number of nitro groups is 1. The predicted molar refractivity (Wildman–Crippen MR) is 89.5 cm³/mol. The molecule has 0 bridgehead atoms. The van der Waals surface area contributed by atoms with Crippen LogP contribution in [0.1, 0.15) is 31.5 Å². The molecule has 3 rings (SSSR count). The van der Waals surface area contributed by atoms with Gasteiger partial charge in [-0.15, -0.1) is 10.2 Å². The number of hydrogen-bond acceptors (Lipinski definition) is 6. The molecule has 0 spiro atoms. The number of nitro benzene ring substituents is 1. The van der Waals surface area contributed by atoms with Crippen molar-refractivity contribution < 1.29 is 14.1 Å². The number of hydrogen-bond donors (Lipinski definition) is 0. The Hall–Kier alpha value is -2.71. The molecular formula is C16H20FN5O3. The van der Waals surface area contributed by atoms with Crippen LogP contribution < -0.4 is 9.64 Å². The lowest BCUT2D eigenvalue weighted by atomic mass is 9.95. The number of rotatable bonds is 5. The first-order valence-corrected chi connectivity index (χ1v) is 8.19. The van der Waals surface area contributed by atoms with Gasteiger partial charge in [0, 0.05) is 31.6 Å². The van der Waals surface area contributed by atoms with Gasteiger partial charge in [0.15, 0.2) is 11.6 Å². The van der Waals surface area contributed by atoms with E-state index in [-0.39, 0.29) is 17.4 Å². The van der Waals surface area contributed by atoms with E-state index in [0.29, 0.717) is 18.8 Å². The zero-order valence-electron chi connectivity index (χ0n) is 14.2. The fourth-order valence-electron chi connectivity index (χ4n) is 3.28. The van der Waals surface area contributed by atoms with Crippen LogP contribution in [0.4, 0.5) is 15.8 Å². The third-order valence-corrected chi connectivity index (χ3v) is 4.63. The Morgan fingerprint density at radius 2 is 2.12 bits per heavy atom. The van der Waals surface area contributed by atoms with E-state index in [9.17, 15) is 14.5 Å². The third kappa shape index (κ3) is 3.26. The molecule has 1 aliphatic rings. The van der Waals surface area contributed by atoms with Gasteiger partial charge in [0.2, 0.25) is 0 Å². The molecule has 0 radical (unpaired) electrons. The average Bonchev–Trinajstić information content (AvgIpc) is 3.10. The van der Waals surface area contributed by atoms with Crippen molar-refractivity contribution in [3.05, 3.63) is 40.2 Å². The van der Waals surface area contributed by atoms with Crippen molar-refractivity contribution in [2.45, 2.75) is 32.2 Å². The molecule has 0 atom stereocenters. The minimum absolute atomic E-state index is 0.0641. The van der Waals surface area contributed by atoms with Crippen LogP contribution in [0, 0.1) is 15.9 Å². The fraction of sp³-hybridized carbons (Fsp3) is 0.500. The van der Waals surface area contributed by atoms with E-state index in [1.54, 1.807) is 6.33 Å². The van der Waals surface area contributed by atoms with Crippen LogP contribution in [0.15, 0.2) is 18.5 Å². The molecule has 0 aliphatic carbocycles. The first-order valence-electron chi connectivity index (χ1n) is 8.19. The number of aromatic nitrogens is 3. The van der Waals surface area contributed by atoms with Crippen molar-refractivity contribution >= 4 is 11.4 Å². The van der Waals surface area contributed by atoms with Crippen LogP contribution in [-0.4, -0.2) is 39.9 Å². The first kappa shape index (κ1) is 17.1. The quantitative estimate of drug-likeness (QED) is 0.609. The maximum absolute atomic E-state index is 14.4. The van der Waals surface area contributed by atoms with Crippen LogP contribution in [0.3, 0.4) is 0 Å². The minimum atomic E-state index is -0.643. The van der Waals surface area contributed by atoms with Gasteiger partial charge in [-0.25, -0.2) is 4.39 Å². The zero-order chi connectivity index (χ0) is 18.0. The Balaban J connectivity index is 1.78. The second-order valence-corrected chi connectivity index (χ2v) is 5.97. The van der Waals surface area contributed by atoms with Crippen LogP contribution in [0.5, 0.6) is 5.75 Å². The second kappa shape index (κ2) is 7.04. The highest BCUT2D eigenvalue weighted by Gasteiger charge is 2.28. The summed E-state index contributed by atoms with van der Waals surface area (Å²) in [5.41, 5.74) is -0.0347. The maximum Gasteiger partial charge on any atom is 0.313 e. The molecule has 0 N–H and O–H groups in total. The van der Waals surface area contributed by atoms with Crippen molar-refractivity contribution in [1.29, 1.82) is 0 Å². The number of aryl methyl sites for hydroxylation is 1. The highest BCUT2D eigenvalue weighted by atomic mass is 19.1. The van der Waals surface area contributed by atoms with E-state index in [1.807, 2.05) is 16.4 Å². The molecule has 8 nitrogen and oxygen atoms in total. The van der Waals surface area contributed by atoms with Crippen molar-refractivity contribution in [3.63, 3.8) is 0 Å². The van der Waals surface area contributed by atoms with E-state index in [1.165, 1.54) is 13.2 Å². The monoisotopic (exact) mass is 349 g/mol. The van der Waals surface area contributed by atoms with Crippen LogP contribution in [-0.2, 0) is 6.54 Å². The molecule has 0 saturated carbocycles. The van der Waals surface area contributed by atoms with Crippen LogP contribution in [0.25, 0.3) is 0 Å². The summed E-state index contributed by atoms with van der Waals surface area (Å²) in [6.45, 7) is 4.13. The van der Waals surface area contributed by atoms with Gasteiger partial charge in [0.1, 0.15) is 12.2 Å². The maximum atomic E-state index is 14.4. The highest BCUT2D eigenvalue weighted by Crippen LogP contribution is 2.36. The lowest BCUT2D eigenvalue weighted by Gasteiger charge is -2.33. The Morgan fingerprint density at radius 3 is 2.72 bits per heavy atom. The van der Waals surface area contributed by atoms with Crippen LogP contribution >= 0.6 is 0 Å². The number of ether oxygens (including phenoxy) is 1. The van der Waals surface area contributed by atoms with E-state index in [2.05, 4.69) is 10.2 Å². The molecule has 1 aromatic carbocycles. The standard InChI is InChI=1S/C16H20FN5O3/c1-3-20-10-18-19-16(20)11-4-6-21(7-5-11)13-9-15(25-2)14(22(23)24)8-12(13)17/h8-11H,3-7H2,1-2H3. The smallest absolute Gasteiger partial charge is 0.313 e. The largest absolute Gasteiger partial charge is 0.490 e. The Labute approximate surface area is 144 Å². The molecule has 0 unspecified atom stereocenters. The van der Waals surface area contributed by atoms with Gasteiger partial charge in [-0.2, -0.15) is 0 Å². The normalized spacial score (nSPS) is 15.4. The molecule has 1 fully saturated rings. The summed E-state index contributed by atoms with van der Waals surface area (Å²) in [5, 5.41) is 19.2. The van der Waals surface area contributed by atoms with Gasteiger partial charge in [0.05, 0.1) is 23.8 Å². The first-order chi connectivity index (χ1) is 12.0. The predicted octanol–water partition coefficient (Wildman–Crippen LogP) is 2.74. The van der Waals surface area contributed by atoms with Crippen molar-refractivity contribution in [2.75, 3.05) is 25.1 Å². The summed E-state index contributed by atoms with van der Waals surface area (Å²) >= 11 is 0. The van der Waals surface area contributed by atoms with Crippen molar-refractivity contribution in [3.8, 4) is 5.75 Å². The molecule has 1 aromatic heterocycles. The summed E-state index contributed by atoms with van der Waals surface area (Å²) in [7, 11) is 1.34. The summed E-state index contributed by atoms with van der Waals surface area (Å²) in [4.78, 5) is 12.2. The number of piperidine rings is 1. The van der Waals surface area contributed by atoms with E-state index in [0.717, 1.165) is 31.3 Å². The minimum Gasteiger partial charge on any atom is -0.490 e. The topological polar surface area (TPSA) is 86.3 Å². The van der Waals surface area contributed by atoms with Gasteiger partial charge >= 0.3 is 5.69 Å². The SMILES string of the molecule is CCn1cnnc1C1CCN(c2cc(OC)c([N+](=O)[O-])cc2F)CC1. The van der Waals surface area contributed by atoms with Gasteiger partial charge in [-0.1, -0.05) is 0 Å². The number of nitrogens with zero attached hydrogens (tertiary/aromatic N) is 5. The third-order valence-electron chi connectivity index (χ3n) is 4.63. The summed E-state index contributed by atoms with van der Waals surface area (Å²) < 4.78 is 21.4. The second-order valence-electron chi connectivity index (χ2n) is 5.97. The molecule has 1 aliphatic heterocycles. The van der Waals surface area contributed by atoms with Crippen LogP contribution in [0.2, 0.25) is 0 Å². The molecule has 25 heavy (non-hydrogen) atoms. The number of benzene rings is 1. The zero-order valence-corrected chi connectivity index (χ0v) is 14.2. The van der Waals surface area contributed by atoms with Crippen molar-refractivity contribution in [1.82, 2.24) is 14.8 Å². The molecule has 9 heteroatoms. The highest BCUT2D eigenvalue weighted by molar-refractivity contribution is 5.60. The fourth-order valence-corrected chi connectivity index (χ4v) is 3.28. The average molecular weight is 349 g/mol. The molecule has 2 heterocycles. The van der Waals surface area contributed by atoms with E-state index < -0.39 is 10.7 Å². The summed E-state index contributed by atoms with van der Waals surface area (Å²) in [5.74, 6) is 0.697. The van der Waals surface area contributed by atoms with Gasteiger partial charge in [-0.3, -0.25) is 10.1 Å². The molecule has 1 saturated heterocycles. The number of anilines is 1. The van der Waals surface area contributed by atoms with Gasteiger partial charge in [-0.05, 0) is 19.8 Å². The molecular weight excluding hydrogens is 329 g/mol. The van der Waals surface area contributed by atoms with Gasteiger partial charge in [0.25, 0.3) is 0 Å². The lowest BCUT2D eigenvalue weighted by Crippen LogP contribution is -2.34. The molecule has 134 valence electrons. The Morgan fingerprint density at radius 1 is 1.40 bits per heavy atom. The molecule has 0 amide bonds. The van der Waals surface area contributed by atoms with Gasteiger partial charge < -0.3 is 14.2 Å². The Bertz CT molecular complexity index is 771. The summed E-state index contributed by atoms with van der Waals surface area (Å²) in [6, 6.07) is 2.33. The number of halogens is 1.